The lowest BCUT2D eigenvalue weighted by atomic mass is 10.1. The number of aliphatic hydroxyl groups is 1. The third-order valence-electron chi connectivity index (χ3n) is 1.64. The number of carbonyl (C=O) groups is 1. The number of nitrogens with zero attached hydrogens (tertiary/aromatic N) is 1. The van der Waals surface area contributed by atoms with Gasteiger partial charge in [-0.25, -0.2) is 4.79 Å². The molecule has 0 aliphatic heterocycles. The molecule has 0 heterocycles. The number of nitriles is 1. The SMILES string of the molecule is N#CCOC(=O)c1ccc(CO)cc1. The van der Waals surface area contributed by atoms with Crippen LogP contribution in [0.15, 0.2) is 24.3 Å². The molecule has 0 atom stereocenters. The zero-order valence-corrected chi connectivity index (χ0v) is 7.43. The maximum absolute atomic E-state index is 11.2. The minimum atomic E-state index is -0.531. The van der Waals surface area contributed by atoms with E-state index in [0.29, 0.717) is 5.56 Å². The Kier molecular flexibility index (Phi) is 3.65. The molecule has 0 bridgehead atoms. The van der Waals surface area contributed by atoms with Crippen molar-refractivity contribution < 1.29 is 14.6 Å². The molecule has 0 unspecified atom stereocenters. The van der Waals surface area contributed by atoms with E-state index in [9.17, 15) is 4.79 Å². The first-order valence-corrected chi connectivity index (χ1v) is 4.02. The average molecular weight is 191 g/mol. The lowest BCUT2D eigenvalue weighted by Gasteiger charge is -2.00. The number of esters is 1. The van der Waals surface area contributed by atoms with E-state index in [-0.39, 0.29) is 13.2 Å². The van der Waals surface area contributed by atoms with E-state index < -0.39 is 5.97 Å². The average Bonchev–Trinajstić information content (AvgIpc) is 2.26. The minimum Gasteiger partial charge on any atom is -0.447 e. The fraction of sp³-hybridized carbons (Fsp3) is 0.200. The van der Waals surface area contributed by atoms with Crippen molar-refractivity contribution in [1.82, 2.24) is 0 Å². The monoisotopic (exact) mass is 191 g/mol. The highest BCUT2D eigenvalue weighted by atomic mass is 16.5. The maximum Gasteiger partial charge on any atom is 0.339 e. The molecule has 4 heteroatoms. The van der Waals surface area contributed by atoms with Crippen LogP contribution >= 0.6 is 0 Å². The molecule has 0 aliphatic carbocycles. The van der Waals surface area contributed by atoms with Crippen molar-refractivity contribution in [1.29, 1.82) is 5.26 Å². The van der Waals surface area contributed by atoms with Gasteiger partial charge in [0.25, 0.3) is 0 Å². The maximum atomic E-state index is 11.2. The van der Waals surface area contributed by atoms with Crippen molar-refractivity contribution in [2.75, 3.05) is 6.61 Å². The normalized spacial score (nSPS) is 9.14. The topological polar surface area (TPSA) is 70.3 Å². The number of carbonyl (C=O) groups excluding carboxylic acids is 1. The molecule has 4 nitrogen and oxygen atoms in total. The molecule has 14 heavy (non-hydrogen) atoms. The van der Waals surface area contributed by atoms with Crippen LogP contribution in [-0.4, -0.2) is 17.7 Å². The standard InChI is InChI=1S/C10H9NO3/c11-5-6-14-10(13)9-3-1-8(7-12)2-4-9/h1-4,12H,6-7H2. The van der Waals surface area contributed by atoms with Crippen LogP contribution in [-0.2, 0) is 11.3 Å². The van der Waals surface area contributed by atoms with Gasteiger partial charge in [-0.05, 0) is 17.7 Å². The summed E-state index contributed by atoms with van der Waals surface area (Å²) < 4.78 is 4.59. The Hall–Kier alpha value is -1.86. The van der Waals surface area contributed by atoms with Gasteiger partial charge in [0, 0.05) is 0 Å². The van der Waals surface area contributed by atoms with Crippen molar-refractivity contribution in [2.45, 2.75) is 6.61 Å². The van der Waals surface area contributed by atoms with Gasteiger partial charge in [-0.15, -0.1) is 0 Å². The summed E-state index contributed by atoms with van der Waals surface area (Å²) in [5.74, 6) is -0.531. The summed E-state index contributed by atoms with van der Waals surface area (Å²) in [4.78, 5) is 11.2. The lowest BCUT2D eigenvalue weighted by molar-refractivity contribution is 0.0555. The van der Waals surface area contributed by atoms with Gasteiger partial charge in [0.1, 0.15) is 6.07 Å². The number of aliphatic hydroxyl groups excluding tert-OH is 1. The summed E-state index contributed by atoms with van der Waals surface area (Å²) in [5, 5.41) is 16.9. The molecule has 1 N–H and O–H groups in total. The van der Waals surface area contributed by atoms with Gasteiger partial charge < -0.3 is 9.84 Å². The molecule has 0 fully saturated rings. The van der Waals surface area contributed by atoms with Crippen LogP contribution in [0.2, 0.25) is 0 Å². The van der Waals surface area contributed by atoms with E-state index in [1.807, 2.05) is 0 Å². The van der Waals surface area contributed by atoms with E-state index in [1.165, 1.54) is 0 Å². The fourth-order valence-corrected chi connectivity index (χ4v) is 0.927. The van der Waals surface area contributed by atoms with E-state index in [2.05, 4.69) is 4.74 Å². The molecule has 1 aromatic rings. The van der Waals surface area contributed by atoms with Gasteiger partial charge in [-0.1, -0.05) is 12.1 Å². The Bertz CT molecular complexity index is 351. The van der Waals surface area contributed by atoms with E-state index in [1.54, 1.807) is 30.3 Å². The number of ether oxygens (including phenoxy) is 1. The first-order chi connectivity index (χ1) is 6.77. The quantitative estimate of drug-likeness (QED) is 0.719. The van der Waals surface area contributed by atoms with Gasteiger partial charge in [-0.2, -0.15) is 5.26 Å². The Morgan fingerprint density at radius 1 is 1.43 bits per heavy atom. The summed E-state index contributed by atoms with van der Waals surface area (Å²) >= 11 is 0. The molecule has 1 rings (SSSR count). The van der Waals surface area contributed by atoms with Crippen LogP contribution in [0.4, 0.5) is 0 Å². The van der Waals surface area contributed by atoms with Crippen LogP contribution in [0, 0.1) is 11.3 Å². The molecule has 0 spiro atoms. The summed E-state index contributed by atoms with van der Waals surface area (Å²) in [6.07, 6.45) is 0. The number of benzene rings is 1. The molecule has 72 valence electrons. The van der Waals surface area contributed by atoms with Crippen molar-refractivity contribution in [3.8, 4) is 6.07 Å². The van der Waals surface area contributed by atoms with Crippen molar-refractivity contribution in [3.63, 3.8) is 0 Å². The van der Waals surface area contributed by atoms with Gasteiger partial charge in [0.05, 0.1) is 12.2 Å². The minimum absolute atomic E-state index is 0.0620. The highest BCUT2D eigenvalue weighted by Gasteiger charge is 2.05. The predicted molar refractivity (Wildman–Crippen MR) is 48.3 cm³/mol. The van der Waals surface area contributed by atoms with E-state index in [0.717, 1.165) is 5.56 Å². The Labute approximate surface area is 81.4 Å². The Morgan fingerprint density at radius 2 is 2.07 bits per heavy atom. The second-order valence-electron chi connectivity index (χ2n) is 2.59. The largest absolute Gasteiger partial charge is 0.447 e. The summed E-state index contributed by atoms with van der Waals surface area (Å²) in [6.45, 7) is -0.311. The number of hydrogen-bond acceptors (Lipinski definition) is 4. The van der Waals surface area contributed by atoms with Crippen molar-refractivity contribution in [3.05, 3.63) is 35.4 Å². The molecule has 0 aliphatic rings. The fourth-order valence-electron chi connectivity index (χ4n) is 0.927. The third kappa shape index (κ3) is 2.57. The highest BCUT2D eigenvalue weighted by Crippen LogP contribution is 2.05. The first kappa shape index (κ1) is 10.2. The van der Waals surface area contributed by atoms with Gasteiger partial charge in [0.15, 0.2) is 6.61 Å². The number of rotatable bonds is 3. The molecule has 0 radical (unpaired) electrons. The van der Waals surface area contributed by atoms with Gasteiger partial charge in [0.2, 0.25) is 0 Å². The molecule has 0 amide bonds. The van der Waals surface area contributed by atoms with Crippen molar-refractivity contribution >= 4 is 5.97 Å². The Morgan fingerprint density at radius 3 is 2.57 bits per heavy atom. The van der Waals surface area contributed by atoms with E-state index in [4.69, 9.17) is 10.4 Å². The second kappa shape index (κ2) is 5.00. The van der Waals surface area contributed by atoms with E-state index >= 15 is 0 Å². The van der Waals surface area contributed by atoms with Gasteiger partial charge >= 0.3 is 5.97 Å². The molecule has 0 saturated heterocycles. The van der Waals surface area contributed by atoms with Crippen LogP contribution in [0.25, 0.3) is 0 Å². The van der Waals surface area contributed by atoms with Crippen LogP contribution < -0.4 is 0 Å². The Balaban J connectivity index is 2.67. The smallest absolute Gasteiger partial charge is 0.339 e. The molecular weight excluding hydrogens is 182 g/mol. The molecule has 0 aromatic heterocycles. The van der Waals surface area contributed by atoms with Crippen LogP contribution in [0.1, 0.15) is 15.9 Å². The first-order valence-electron chi connectivity index (χ1n) is 4.02. The third-order valence-corrected chi connectivity index (χ3v) is 1.64. The molecule has 1 aromatic carbocycles. The second-order valence-corrected chi connectivity index (χ2v) is 2.59. The molecule has 0 saturated carbocycles. The summed E-state index contributed by atoms with van der Waals surface area (Å²) in [7, 11) is 0. The van der Waals surface area contributed by atoms with Crippen LogP contribution in [0.5, 0.6) is 0 Å². The summed E-state index contributed by atoms with van der Waals surface area (Å²) in [6, 6.07) is 8.06. The summed E-state index contributed by atoms with van der Waals surface area (Å²) in [5.41, 5.74) is 1.10. The molecular formula is C10H9NO3. The number of hydrogen-bond donors (Lipinski definition) is 1. The lowest BCUT2D eigenvalue weighted by Crippen LogP contribution is -2.05. The van der Waals surface area contributed by atoms with Gasteiger partial charge in [-0.3, -0.25) is 0 Å². The zero-order chi connectivity index (χ0) is 10.4. The van der Waals surface area contributed by atoms with Crippen molar-refractivity contribution in [2.24, 2.45) is 0 Å². The predicted octanol–water partition coefficient (Wildman–Crippen LogP) is 0.859. The van der Waals surface area contributed by atoms with Crippen LogP contribution in [0.3, 0.4) is 0 Å². The zero-order valence-electron chi connectivity index (χ0n) is 7.43. The highest BCUT2D eigenvalue weighted by molar-refractivity contribution is 5.89.